The minimum atomic E-state index is -4.12. The number of hydrogen-bond donors (Lipinski definition) is 2. The van der Waals surface area contributed by atoms with Gasteiger partial charge in [-0.25, -0.2) is 8.42 Å². The van der Waals surface area contributed by atoms with Crippen LogP contribution < -0.4 is 5.32 Å². The van der Waals surface area contributed by atoms with Crippen molar-refractivity contribution in [3.05, 3.63) is 28.8 Å². The summed E-state index contributed by atoms with van der Waals surface area (Å²) >= 11 is 5.80. The van der Waals surface area contributed by atoms with E-state index in [9.17, 15) is 13.2 Å². The average Bonchev–Trinajstić information content (AvgIpc) is 2.47. The number of carboxylic acid groups (broad SMARTS) is 1. The van der Waals surface area contributed by atoms with Crippen LogP contribution in [0.1, 0.15) is 5.56 Å². The first kappa shape index (κ1) is 15.7. The number of nitrogens with one attached hydrogen (secondary N) is 1. The third-order valence-corrected chi connectivity index (χ3v) is 5.31. The Kier molecular flexibility index (Phi) is 4.49. The van der Waals surface area contributed by atoms with E-state index in [1.165, 1.54) is 12.1 Å². The van der Waals surface area contributed by atoms with Gasteiger partial charge in [-0.1, -0.05) is 11.6 Å². The molecule has 1 saturated heterocycles. The molecule has 0 saturated carbocycles. The average molecular weight is 330 g/mol. The number of hydrogen-bond acceptors (Lipinski definition) is 5. The van der Waals surface area contributed by atoms with Gasteiger partial charge in [0.05, 0.1) is 5.56 Å². The molecule has 1 aliphatic heterocycles. The summed E-state index contributed by atoms with van der Waals surface area (Å²) in [5.41, 5.74) is -0.0675. The van der Waals surface area contributed by atoms with Crippen molar-refractivity contribution in [2.24, 2.45) is 0 Å². The van der Waals surface area contributed by atoms with Crippen LogP contribution in [0, 0.1) is 11.3 Å². The highest BCUT2D eigenvalue weighted by Gasteiger charge is 2.38. The molecular weight excluding hydrogens is 318 g/mol. The minimum absolute atomic E-state index is 0.0106. The van der Waals surface area contributed by atoms with Crippen LogP contribution in [0.2, 0.25) is 5.02 Å². The Morgan fingerprint density at radius 1 is 1.52 bits per heavy atom. The van der Waals surface area contributed by atoms with Crippen LogP contribution in [0.4, 0.5) is 0 Å². The largest absolute Gasteiger partial charge is 0.480 e. The molecule has 112 valence electrons. The molecule has 0 aliphatic carbocycles. The second-order valence-electron chi connectivity index (χ2n) is 4.43. The van der Waals surface area contributed by atoms with E-state index < -0.39 is 22.0 Å². The molecule has 1 atom stereocenters. The van der Waals surface area contributed by atoms with E-state index in [1.807, 2.05) is 0 Å². The fourth-order valence-electron chi connectivity index (χ4n) is 2.11. The molecule has 1 unspecified atom stereocenters. The van der Waals surface area contributed by atoms with Crippen LogP contribution in [0.25, 0.3) is 0 Å². The first-order valence-corrected chi connectivity index (χ1v) is 7.84. The predicted octanol–water partition coefficient (Wildman–Crippen LogP) is 0.259. The lowest BCUT2D eigenvalue weighted by Crippen LogP contribution is -2.56. The summed E-state index contributed by atoms with van der Waals surface area (Å²) in [6, 6.07) is 4.44. The molecule has 1 aromatic rings. The maximum atomic E-state index is 12.7. The lowest BCUT2D eigenvalue weighted by molar-refractivity contribution is -0.141. The number of nitriles is 1. The minimum Gasteiger partial charge on any atom is -0.480 e. The molecule has 1 fully saturated rings. The van der Waals surface area contributed by atoms with Crippen LogP contribution in [0.5, 0.6) is 0 Å². The molecule has 9 heteroatoms. The second kappa shape index (κ2) is 5.99. The van der Waals surface area contributed by atoms with Gasteiger partial charge in [0.2, 0.25) is 10.0 Å². The predicted molar refractivity (Wildman–Crippen MR) is 74.4 cm³/mol. The fourth-order valence-corrected chi connectivity index (χ4v) is 4.10. The summed E-state index contributed by atoms with van der Waals surface area (Å²) < 4.78 is 26.2. The summed E-state index contributed by atoms with van der Waals surface area (Å²) in [5, 5.41) is 21.2. The highest BCUT2D eigenvalue weighted by Crippen LogP contribution is 2.25. The molecular formula is C12H12ClN3O4S. The third-order valence-electron chi connectivity index (χ3n) is 3.13. The Balaban J connectivity index is 2.53. The molecule has 0 aromatic heterocycles. The van der Waals surface area contributed by atoms with Crippen LogP contribution in [-0.4, -0.2) is 49.5 Å². The van der Waals surface area contributed by atoms with E-state index >= 15 is 0 Å². The zero-order valence-electron chi connectivity index (χ0n) is 10.8. The van der Waals surface area contributed by atoms with Crippen molar-refractivity contribution >= 4 is 27.6 Å². The van der Waals surface area contributed by atoms with Crippen LogP contribution in [-0.2, 0) is 14.8 Å². The second-order valence-corrected chi connectivity index (χ2v) is 6.72. The molecule has 0 spiro atoms. The Hall–Kier alpha value is -1.66. The summed E-state index contributed by atoms with van der Waals surface area (Å²) in [7, 11) is -4.12. The van der Waals surface area contributed by atoms with Gasteiger partial charge >= 0.3 is 5.97 Å². The van der Waals surface area contributed by atoms with Gasteiger partial charge in [-0.3, -0.25) is 4.79 Å². The van der Waals surface area contributed by atoms with Crippen molar-refractivity contribution in [1.29, 1.82) is 5.26 Å². The van der Waals surface area contributed by atoms with Gasteiger partial charge in [0.25, 0.3) is 0 Å². The molecule has 7 nitrogen and oxygen atoms in total. The Labute approximate surface area is 126 Å². The molecule has 0 radical (unpaired) electrons. The maximum Gasteiger partial charge on any atom is 0.323 e. The van der Waals surface area contributed by atoms with E-state index in [0.717, 1.165) is 10.4 Å². The summed E-state index contributed by atoms with van der Waals surface area (Å²) in [6.45, 7) is 0.360. The first-order valence-electron chi connectivity index (χ1n) is 6.03. The van der Waals surface area contributed by atoms with Crippen molar-refractivity contribution in [3.8, 4) is 6.07 Å². The normalized spacial score (nSPS) is 19.9. The zero-order valence-corrected chi connectivity index (χ0v) is 12.4. The van der Waals surface area contributed by atoms with Gasteiger partial charge in [0, 0.05) is 24.7 Å². The van der Waals surface area contributed by atoms with E-state index in [4.69, 9.17) is 22.0 Å². The molecule has 1 heterocycles. The van der Waals surface area contributed by atoms with Crippen molar-refractivity contribution in [1.82, 2.24) is 9.62 Å². The van der Waals surface area contributed by atoms with Crippen molar-refractivity contribution in [2.45, 2.75) is 10.9 Å². The lowest BCUT2D eigenvalue weighted by atomic mass is 10.2. The van der Waals surface area contributed by atoms with Gasteiger partial charge in [-0.2, -0.15) is 9.57 Å². The van der Waals surface area contributed by atoms with Crippen LogP contribution in [0.3, 0.4) is 0 Å². The Morgan fingerprint density at radius 2 is 2.24 bits per heavy atom. The number of benzene rings is 1. The summed E-state index contributed by atoms with van der Waals surface area (Å²) in [4.78, 5) is 11.0. The SMILES string of the molecule is N#Cc1ccc(Cl)cc1S(=O)(=O)N1CCNCC1C(=O)O. The van der Waals surface area contributed by atoms with Crippen LogP contribution in [0.15, 0.2) is 23.1 Å². The van der Waals surface area contributed by atoms with Crippen LogP contribution >= 0.6 is 11.6 Å². The molecule has 1 aromatic carbocycles. The van der Waals surface area contributed by atoms with Crippen molar-refractivity contribution in [3.63, 3.8) is 0 Å². The monoisotopic (exact) mass is 329 g/mol. The summed E-state index contributed by atoms with van der Waals surface area (Å²) in [6.07, 6.45) is 0. The molecule has 0 amide bonds. The Bertz CT molecular complexity index is 714. The van der Waals surface area contributed by atoms with E-state index in [2.05, 4.69) is 5.32 Å². The number of halogens is 1. The molecule has 21 heavy (non-hydrogen) atoms. The molecule has 0 bridgehead atoms. The number of carboxylic acids is 1. The van der Waals surface area contributed by atoms with Gasteiger partial charge in [0.15, 0.2) is 0 Å². The number of sulfonamides is 1. The highest BCUT2D eigenvalue weighted by molar-refractivity contribution is 7.89. The first-order chi connectivity index (χ1) is 9.87. The van der Waals surface area contributed by atoms with Crippen molar-refractivity contribution in [2.75, 3.05) is 19.6 Å². The lowest BCUT2D eigenvalue weighted by Gasteiger charge is -2.32. The number of piperazine rings is 1. The maximum absolute atomic E-state index is 12.7. The van der Waals surface area contributed by atoms with Gasteiger partial charge in [-0.05, 0) is 18.2 Å². The van der Waals surface area contributed by atoms with Crippen molar-refractivity contribution < 1.29 is 18.3 Å². The number of rotatable bonds is 3. The summed E-state index contributed by atoms with van der Waals surface area (Å²) in [5.74, 6) is -1.24. The number of aliphatic carboxylic acids is 1. The zero-order chi connectivity index (χ0) is 15.6. The topological polar surface area (TPSA) is 111 Å². The Morgan fingerprint density at radius 3 is 2.86 bits per heavy atom. The standard InChI is InChI=1S/C12H12ClN3O4S/c13-9-2-1-8(6-14)11(5-9)21(19,20)16-4-3-15-7-10(16)12(17)18/h1-2,5,10,15H,3-4,7H2,(H,17,18). The quantitative estimate of drug-likeness (QED) is 0.823. The molecule has 2 rings (SSSR count). The smallest absolute Gasteiger partial charge is 0.323 e. The van der Waals surface area contributed by atoms with E-state index in [1.54, 1.807) is 6.07 Å². The van der Waals surface area contributed by atoms with Gasteiger partial charge in [0.1, 0.15) is 17.0 Å². The van der Waals surface area contributed by atoms with E-state index in [-0.39, 0.29) is 28.6 Å². The fraction of sp³-hybridized carbons (Fsp3) is 0.333. The van der Waals surface area contributed by atoms with E-state index in [0.29, 0.717) is 6.54 Å². The van der Waals surface area contributed by atoms with Gasteiger partial charge in [-0.15, -0.1) is 0 Å². The number of nitrogens with zero attached hydrogens (tertiary/aromatic N) is 2. The molecule has 1 aliphatic rings. The third kappa shape index (κ3) is 3.01. The van der Waals surface area contributed by atoms with Gasteiger partial charge < -0.3 is 10.4 Å². The molecule has 2 N–H and O–H groups in total. The highest BCUT2D eigenvalue weighted by atomic mass is 35.5. The number of carbonyl (C=O) groups is 1.